The molecule has 2 aromatic rings. The second kappa shape index (κ2) is 6.12. The number of carbonyl (C=O) groups is 2. The minimum absolute atomic E-state index is 0.0118. The van der Waals surface area contributed by atoms with Crippen molar-refractivity contribution in [1.82, 2.24) is 0 Å². The second-order valence-corrected chi connectivity index (χ2v) is 6.26. The Morgan fingerprint density at radius 3 is 2.80 bits per heavy atom. The largest absolute Gasteiger partial charge is 0.497 e. The highest BCUT2D eigenvalue weighted by Crippen LogP contribution is 2.37. The first-order valence-corrected chi connectivity index (χ1v) is 8.32. The third-order valence-corrected chi connectivity index (χ3v) is 4.73. The zero-order valence-corrected chi connectivity index (χ0v) is 13.9. The summed E-state index contributed by atoms with van der Waals surface area (Å²) in [5, 5.41) is 5.78. The molecule has 2 aliphatic heterocycles. The van der Waals surface area contributed by atoms with E-state index in [0.717, 1.165) is 30.8 Å². The number of fused-ring (bicyclic) bond motifs is 3. The van der Waals surface area contributed by atoms with Crippen LogP contribution in [0.4, 0.5) is 17.1 Å². The van der Waals surface area contributed by atoms with E-state index < -0.39 is 0 Å². The Balaban J connectivity index is 1.56. The van der Waals surface area contributed by atoms with Gasteiger partial charge in [0, 0.05) is 17.8 Å². The number of hydrogen-bond acceptors (Lipinski definition) is 4. The number of ether oxygens (including phenoxy) is 1. The molecular formula is C19H19N3O3. The summed E-state index contributed by atoms with van der Waals surface area (Å²) in [6, 6.07) is 12.5. The molecule has 4 rings (SSSR count). The van der Waals surface area contributed by atoms with Gasteiger partial charge in [-0.2, -0.15) is 0 Å². The number of amides is 2. The van der Waals surface area contributed by atoms with Crippen LogP contribution in [0.3, 0.4) is 0 Å². The minimum atomic E-state index is -0.217. The summed E-state index contributed by atoms with van der Waals surface area (Å²) in [7, 11) is 1.60. The lowest BCUT2D eigenvalue weighted by Crippen LogP contribution is -2.43. The van der Waals surface area contributed by atoms with E-state index >= 15 is 0 Å². The maximum atomic E-state index is 12.5. The predicted octanol–water partition coefficient (Wildman–Crippen LogP) is 2.87. The van der Waals surface area contributed by atoms with E-state index in [1.165, 1.54) is 0 Å². The van der Waals surface area contributed by atoms with Crippen molar-refractivity contribution in [2.24, 2.45) is 0 Å². The van der Waals surface area contributed by atoms with Gasteiger partial charge in [0.05, 0.1) is 18.5 Å². The topological polar surface area (TPSA) is 70.7 Å². The fourth-order valence-corrected chi connectivity index (χ4v) is 3.45. The van der Waals surface area contributed by atoms with Crippen LogP contribution in [0.2, 0.25) is 0 Å². The highest BCUT2D eigenvalue weighted by atomic mass is 16.5. The molecule has 0 saturated carbocycles. The number of methoxy groups -OCH3 is 1. The zero-order valence-electron chi connectivity index (χ0n) is 13.9. The van der Waals surface area contributed by atoms with E-state index in [0.29, 0.717) is 16.9 Å². The third kappa shape index (κ3) is 2.80. The van der Waals surface area contributed by atoms with Gasteiger partial charge in [-0.05, 0) is 55.3 Å². The second-order valence-electron chi connectivity index (χ2n) is 6.26. The molecule has 0 radical (unpaired) electrons. The Labute approximate surface area is 145 Å². The van der Waals surface area contributed by atoms with Gasteiger partial charge in [0.1, 0.15) is 11.8 Å². The van der Waals surface area contributed by atoms with E-state index in [9.17, 15) is 9.59 Å². The average molecular weight is 337 g/mol. The van der Waals surface area contributed by atoms with Crippen LogP contribution in [0.1, 0.15) is 23.2 Å². The molecule has 1 saturated heterocycles. The van der Waals surface area contributed by atoms with E-state index in [1.54, 1.807) is 43.5 Å². The van der Waals surface area contributed by atoms with Crippen molar-refractivity contribution < 1.29 is 14.3 Å². The van der Waals surface area contributed by atoms with Crippen molar-refractivity contribution in [2.75, 3.05) is 29.2 Å². The van der Waals surface area contributed by atoms with Crippen LogP contribution in [0.25, 0.3) is 0 Å². The van der Waals surface area contributed by atoms with Crippen LogP contribution in [0.15, 0.2) is 42.5 Å². The SMILES string of the molecule is COc1ccc(NC(=O)c2ccc3c(c2)NC(=O)C2CCCN32)cc1. The van der Waals surface area contributed by atoms with Crippen molar-refractivity contribution >= 4 is 28.9 Å². The summed E-state index contributed by atoms with van der Waals surface area (Å²) < 4.78 is 5.11. The van der Waals surface area contributed by atoms with Crippen LogP contribution in [0.5, 0.6) is 5.75 Å². The summed E-state index contributed by atoms with van der Waals surface area (Å²) in [5.74, 6) is 0.526. The van der Waals surface area contributed by atoms with Gasteiger partial charge < -0.3 is 20.3 Å². The Bertz CT molecular complexity index is 832. The molecule has 25 heavy (non-hydrogen) atoms. The first kappa shape index (κ1) is 15.5. The van der Waals surface area contributed by atoms with Gasteiger partial charge in [0.15, 0.2) is 0 Å². The van der Waals surface area contributed by atoms with Crippen LogP contribution in [-0.2, 0) is 4.79 Å². The molecule has 6 heteroatoms. The van der Waals surface area contributed by atoms with Crippen molar-refractivity contribution in [2.45, 2.75) is 18.9 Å². The van der Waals surface area contributed by atoms with Crippen molar-refractivity contribution in [3.8, 4) is 5.75 Å². The lowest BCUT2D eigenvalue weighted by Gasteiger charge is -2.33. The Hall–Kier alpha value is -3.02. The molecule has 1 fully saturated rings. The van der Waals surface area contributed by atoms with Gasteiger partial charge in [-0.15, -0.1) is 0 Å². The normalized spacial score (nSPS) is 18.2. The smallest absolute Gasteiger partial charge is 0.255 e. The molecule has 0 aromatic heterocycles. The van der Waals surface area contributed by atoms with Crippen molar-refractivity contribution in [3.05, 3.63) is 48.0 Å². The summed E-state index contributed by atoms with van der Waals surface area (Å²) in [5.41, 5.74) is 2.88. The molecule has 0 bridgehead atoms. The fraction of sp³-hybridized carbons (Fsp3) is 0.263. The minimum Gasteiger partial charge on any atom is -0.497 e. The van der Waals surface area contributed by atoms with E-state index in [2.05, 4.69) is 15.5 Å². The molecule has 6 nitrogen and oxygen atoms in total. The number of nitrogens with one attached hydrogen (secondary N) is 2. The number of rotatable bonds is 3. The van der Waals surface area contributed by atoms with Gasteiger partial charge in [-0.3, -0.25) is 9.59 Å². The summed E-state index contributed by atoms with van der Waals surface area (Å²) in [6.45, 7) is 0.877. The average Bonchev–Trinajstić information content (AvgIpc) is 3.12. The maximum absolute atomic E-state index is 12.5. The monoisotopic (exact) mass is 337 g/mol. The van der Waals surface area contributed by atoms with Gasteiger partial charge in [-0.1, -0.05) is 0 Å². The quantitative estimate of drug-likeness (QED) is 0.903. The number of hydrogen-bond donors (Lipinski definition) is 2. The van der Waals surface area contributed by atoms with Gasteiger partial charge in [0.25, 0.3) is 5.91 Å². The molecule has 1 atom stereocenters. The van der Waals surface area contributed by atoms with Crippen LogP contribution in [-0.4, -0.2) is 31.5 Å². The third-order valence-electron chi connectivity index (χ3n) is 4.73. The first-order valence-electron chi connectivity index (χ1n) is 8.32. The molecule has 0 aliphatic carbocycles. The lowest BCUT2D eigenvalue weighted by atomic mass is 10.1. The highest BCUT2D eigenvalue weighted by molar-refractivity contribution is 6.08. The van der Waals surface area contributed by atoms with E-state index in [4.69, 9.17) is 4.74 Å². The molecular weight excluding hydrogens is 318 g/mol. The Kier molecular flexibility index (Phi) is 3.80. The number of nitrogens with zero attached hydrogens (tertiary/aromatic N) is 1. The standard InChI is InChI=1S/C19H19N3O3/c1-25-14-7-5-13(6-8-14)20-18(23)12-4-9-16-15(11-12)21-19(24)17-3-2-10-22(16)17/h4-9,11,17H,2-3,10H2,1H3,(H,20,23)(H,21,24). The molecule has 2 N–H and O–H groups in total. The van der Waals surface area contributed by atoms with Crippen molar-refractivity contribution in [3.63, 3.8) is 0 Å². The summed E-state index contributed by atoms with van der Waals surface area (Å²) in [4.78, 5) is 26.8. The molecule has 2 aromatic carbocycles. The fourth-order valence-electron chi connectivity index (χ4n) is 3.45. The van der Waals surface area contributed by atoms with Crippen LogP contribution >= 0.6 is 0 Å². The molecule has 128 valence electrons. The molecule has 2 aliphatic rings. The number of benzene rings is 2. The van der Waals surface area contributed by atoms with Gasteiger partial charge in [0.2, 0.25) is 5.91 Å². The van der Waals surface area contributed by atoms with E-state index in [-0.39, 0.29) is 17.9 Å². The Morgan fingerprint density at radius 2 is 2.04 bits per heavy atom. The van der Waals surface area contributed by atoms with Crippen LogP contribution in [0, 0.1) is 0 Å². The maximum Gasteiger partial charge on any atom is 0.255 e. The number of carbonyl (C=O) groups excluding carboxylic acids is 2. The Morgan fingerprint density at radius 1 is 1.24 bits per heavy atom. The van der Waals surface area contributed by atoms with E-state index in [1.807, 2.05) is 6.07 Å². The molecule has 1 unspecified atom stereocenters. The molecule has 0 spiro atoms. The highest BCUT2D eigenvalue weighted by Gasteiger charge is 2.36. The summed E-state index contributed by atoms with van der Waals surface area (Å²) >= 11 is 0. The van der Waals surface area contributed by atoms with Crippen LogP contribution < -0.4 is 20.3 Å². The van der Waals surface area contributed by atoms with Gasteiger partial charge >= 0.3 is 0 Å². The number of anilines is 3. The van der Waals surface area contributed by atoms with Gasteiger partial charge in [-0.25, -0.2) is 0 Å². The predicted molar refractivity (Wildman–Crippen MR) is 96.4 cm³/mol. The van der Waals surface area contributed by atoms with Crippen molar-refractivity contribution in [1.29, 1.82) is 0 Å². The molecule has 2 heterocycles. The zero-order chi connectivity index (χ0) is 17.4. The first-order chi connectivity index (χ1) is 12.2. The summed E-state index contributed by atoms with van der Waals surface area (Å²) in [6.07, 6.45) is 1.89. The lowest BCUT2D eigenvalue weighted by molar-refractivity contribution is -0.117. The molecule has 2 amide bonds.